The number of fused-ring (bicyclic) bond motifs is 7. The summed E-state index contributed by atoms with van der Waals surface area (Å²) in [5.74, 6) is 1.50. The van der Waals surface area contributed by atoms with E-state index in [1.54, 1.807) is 7.11 Å². The van der Waals surface area contributed by atoms with Gasteiger partial charge in [-0.25, -0.2) is 0 Å². The van der Waals surface area contributed by atoms with E-state index in [0.717, 1.165) is 39.5 Å². The van der Waals surface area contributed by atoms with E-state index < -0.39 is 6.23 Å². The highest BCUT2D eigenvalue weighted by atomic mass is 16.5. The third-order valence-electron chi connectivity index (χ3n) is 5.86. The molecule has 5 heteroatoms. The Morgan fingerprint density at radius 3 is 2.75 bits per heavy atom. The Balaban J connectivity index is 1.51. The van der Waals surface area contributed by atoms with Crippen LogP contribution in [0, 0.1) is 0 Å². The Labute approximate surface area is 161 Å². The number of hydrogen-bond donors (Lipinski definition) is 1. The Morgan fingerprint density at radius 2 is 1.93 bits per heavy atom. The second-order valence-corrected chi connectivity index (χ2v) is 7.34. The molecule has 1 unspecified atom stereocenters. The number of carbonyl (C=O) groups is 1. The van der Waals surface area contributed by atoms with Crippen LogP contribution < -0.4 is 9.47 Å². The summed E-state index contributed by atoms with van der Waals surface area (Å²) in [5, 5.41) is 3.25. The van der Waals surface area contributed by atoms with Crippen LogP contribution in [0.25, 0.3) is 21.7 Å². The minimum absolute atomic E-state index is 0.0267. The largest absolute Gasteiger partial charge is 0.497 e. The van der Waals surface area contributed by atoms with Crippen molar-refractivity contribution in [2.45, 2.75) is 12.6 Å². The van der Waals surface area contributed by atoms with Crippen LogP contribution in [0.3, 0.4) is 0 Å². The van der Waals surface area contributed by atoms with Gasteiger partial charge >= 0.3 is 0 Å². The van der Waals surface area contributed by atoms with E-state index in [2.05, 4.69) is 4.98 Å². The molecule has 28 heavy (non-hydrogen) atoms. The lowest BCUT2D eigenvalue weighted by Gasteiger charge is -2.39. The number of nitrogens with one attached hydrogen (secondary N) is 1. The first kappa shape index (κ1) is 15.6. The fourth-order valence-electron chi connectivity index (χ4n) is 4.45. The van der Waals surface area contributed by atoms with Crippen LogP contribution in [0.5, 0.6) is 11.5 Å². The van der Waals surface area contributed by atoms with Crippen LogP contribution in [0.15, 0.2) is 54.6 Å². The van der Waals surface area contributed by atoms with Crippen molar-refractivity contribution in [2.75, 3.05) is 13.7 Å². The van der Waals surface area contributed by atoms with Gasteiger partial charge in [-0.2, -0.15) is 0 Å². The Hall–Kier alpha value is -3.47. The predicted molar refractivity (Wildman–Crippen MR) is 107 cm³/mol. The van der Waals surface area contributed by atoms with Crippen molar-refractivity contribution in [1.82, 2.24) is 9.88 Å². The van der Waals surface area contributed by atoms with Crippen LogP contribution >= 0.6 is 0 Å². The second kappa shape index (κ2) is 5.52. The molecule has 0 radical (unpaired) electrons. The van der Waals surface area contributed by atoms with Crippen molar-refractivity contribution in [3.8, 4) is 11.5 Å². The van der Waals surface area contributed by atoms with E-state index in [4.69, 9.17) is 9.47 Å². The number of carbonyl (C=O) groups excluding carboxylic acids is 1. The molecule has 2 aliphatic rings. The normalized spacial score (nSPS) is 17.8. The molecule has 1 aromatic heterocycles. The van der Waals surface area contributed by atoms with E-state index in [1.807, 2.05) is 59.5 Å². The van der Waals surface area contributed by atoms with Crippen LogP contribution in [0.2, 0.25) is 0 Å². The predicted octanol–water partition coefficient (Wildman–Crippen LogP) is 4.42. The van der Waals surface area contributed by atoms with Gasteiger partial charge in [-0.1, -0.05) is 24.3 Å². The third-order valence-corrected chi connectivity index (χ3v) is 5.86. The minimum atomic E-state index is -0.427. The summed E-state index contributed by atoms with van der Waals surface area (Å²) in [6, 6.07) is 18.0. The maximum absolute atomic E-state index is 13.2. The van der Waals surface area contributed by atoms with Gasteiger partial charge < -0.3 is 14.5 Å². The van der Waals surface area contributed by atoms with Crippen molar-refractivity contribution in [3.63, 3.8) is 0 Å². The summed E-state index contributed by atoms with van der Waals surface area (Å²) < 4.78 is 11.8. The molecular weight excluding hydrogens is 352 g/mol. The Kier molecular flexibility index (Phi) is 3.07. The number of ether oxygens (including phenoxy) is 2. The first-order valence-electron chi connectivity index (χ1n) is 9.42. The average molecular weight is 370 g/mol. The number of rotatable bonds is 1. The van der Waals surface area contributed by atoms with Gasteiger partial charge in [0.05, 0.1) is 18.4 Å². The summed E-state index contributed by atoms with van der Waals surface area (Å²) in [7, 11) is 1.67. The molecule has 0 saturated carbocycles. The summed E-state index contributed by atoms with van der Waals surface area (Å²) in [5.41, 5.74) is 3.83. The number of H-pyrrole nitrogens is 1. The van der Waals surface area contributed by atoms with Crippen LogP contribution in [0.1, 0.15) is 27.8 Å². The maximum Gasteiger partial charge on any atom is 0.260 e. The van der Waals surface area contributed by atoms with Crippen molar-refractivity contribution in [2.24, 2.45) is 0 Å². The molecule has 2 aliphatic heterocycles. The zero-order valence-electron chi connectivity index (χ0n) is 15.4. The van der Waals surface area contributed by atoms with Crippen LogP contribution in [-0.4, -0.2) is 29.4 Å². The number of hydrogen-bond acceptors (Lipinski definition) is 3. The van der Waals surface area contributed by atoms with Crippen molar-refractivity contribution < 1.29 is 14.3 Å². The molecule has 0 spiro atoms. The highest BCUT2D eigenvalue weighted by Crippen LogP contribution is 2.42. The quantitative estimate of drug-likeness (QED) is 0.540. The first-order chi connectivity index (χ1) is 13.7. The molecule has 3 aromatic carbocycles. The molecule has 0 aliphatic carbocycles. The molecule has 5 nitrogen and oxygen atoms in total. The fourth-order valence-corrected chi connectivity index (χ4v) is 4.45. The molecule has 1 amide bonds. The minimum Gasteiger partial charge on any atom is -0.497 e. The smallest absolute Gasteiger partial charge is 0.260 e. The standard InChI is InChI=1S/C23H18N2O3/c1-27-15-6-7-19-17(12-15)16-8-9-25-22(26)18-10-13-4-2-3-5-14(13)11-20(18)28-23(25)21(16)24-19/h2-7,10-12,23-24H,8-9H2,1H3. The van der Waals surface area contributed by atoms with E-state index >= 15 is 0 Å². The van der Waals surface area contributed by atoms with E-state index in [-0.39, 0.29) is 5.91 Å². The van der Waals surface area contributed by atoms with E-state index in [1.165, 1.54) is 5.56 Å². The molecule has 1 N–H and O–H groups in total. The van der Waals surface area contributed by atoms with Crippen molar-refractivity contribution in [3.05, 3.63) is 71.4 Å². The van der Waals surface area contributed by atoms with Gasteiger partial charge in [-0.3, -0.25) is 9.69 Å². The van der Waals surface area contributed by atoms with Gasteiger partial charge in [-0.05, 0) is 53.1 Å². The highest BCUT2D eigenvalue weighted by molar-refractivity contribution is 6.03. The Bertz CT molecular complexity index is 1270. The number of benzene rings is 3. The summed E-state index contributed by atoms with van der Waals surface area (Å²) in [6.07, 6.45) is 0.361. The monoisotopic (exact) mass is 370 g/mol. The number of methoxy groups -OCH3 is 1. The molecular formula is C23H18N2O3. The number of aromatic amines is 1. The molecule has 0 saturated heterocycles. The number of amides is 1. The van der Waals surface area contributed by atoms with Gasteiger partial charge in [0.1, 0.15) is 11.5 Å². The van der Waals surface area contributed by atoms with Gasteiger partial charge in [0, 0.05) is 17.4 Å². The second-order valence-electron chi connectivity index (χ2n) is 7.34. The lowest BCUT2D eigenvalue weighted by atomic mass is 9.98. The summed E-state index contributed by atoms with van der Waals surface area (Å²) in [6.45, 7) is 0.632. The molecule has 3 heterocycles. The lowest BCUT2D eigenvalue weighted by Crippen LogP contribution is -2.45. The zero-order chi connectivity index (χ0) is 18.8. The zero-order valence-corrected chi connectivity index (χ0v) is 15.4. The molecule has 6 rings (SSSR count). The van der Waals surface area contributed by atoms with Gasteiger partial charge in [0.25, 0.3) is 5.91 Å². The Morgan fingerprint density at radius 1 is 1.11 bits per heavy atom. The lowest BCUT2D eigenvalue weighted by molar-refractivity contribution is 0.00215. The molecule has 4 aromatic rings. The maximum atomic E-state index is 13.2. The van der Waals surface area contributed by atoms with Gasteiger partial charge in [-0.15, -0.1) is 0 Å². The fraction of sp³-hybridized carbons (Fsp3) is 0.174. The summed E-state index contributed by atoms with van der Waals surface area (Å²) in [4.78, 5) is 18.5. The first-order valence-corrected chi connectivity index (χ1v) is 9.42. The molecule has 0 fully saturated rings. The van der Waals surface area contributed by atoms with E-state index in [9.17, 15) is 4.79 Å². The van der Waals surface area contributed by atoms with Gasteiger partial charge in [0.2, 0.25) is 6.23 Å². The van der Waals surface area contributed by atoms with Crippen LogP contribution in [-0.2, 0) is 6.42 Å². The molecule has 0 bridgehead atoms. The van der Waals surface area contributed by atoms with Crippen molar-refractivity contribution in [1.29, 1.82) is 0 Å². The highest BCUT2D eigenvalue weighted by Gasteiger charge is 2.40. The molecule has 138 valence electrons. The number of aromatic nitrogens is 1. The van der Waals surface area contributed by atoms with Gasteiger partial charge in [0.15, 0.2) is 0 Å². The number of nitrogens with zero attached hydrogens (tertiary/aromatic N) is 1. The summed E-state index contributed by atoms with van der Waals surface area (Å²) >= 11 is 0. The molecule has 1 atom stereocenters. The van der Waals surface area contributed by atoms with Crippen LogP contribution in [0.4, 0.5) is 0 Å². The average Bonchev–Trinajstić information content (AvgIpc) is 3.11. The third kappa shape index (κ3) is 2.04. The van der Waals surface area contributed by atoms with Crippen molar-refractivity contribution >= 4 is 27.6 Å². The SMILES string of the molecule is COc1ccc2[nH]c3c(c2c1)CCN1C(=O)c2cc4ccccc4cc2OC31. The van der Waals surface area contributed by atoms with E-state index in [0.29, 0.717) is 17.9 Å². The topological polar surface area (TPSA) is 54.6 Å².